The molecule has 0 radical (unpaired) electrons. The molecule has 0 aromatic carbocycles. The Morgan fingerprint density at radius 3 is 1.69 bits per heavy atom. The van der Waals surface area contributed by atoms with E-state index >= 15 is 0 Å². The molecule has 0 unspecified atom stereocenters. The van der Waals surface area contributed by atoms with Crippen LogP contribution in [0.5, 0.6) is 0 Å². The van der Waals surface area contributed by atoms with E-state index in [2.05, 4.69) is 58.4 Å². The van der Waals surface area contributed by atoms with Crippen LogP contribution in [0.1, 0.15) is 73.1 Å². The number of rotatable bonds is 12. The molecule has 0 fully saturated rings. The Balaban J connectivity index is 0.000000578. The molecule has 0 bridgehead atoms. The van der Waals surface area contributed by atoms with Crippen LogP contribution in [0.2, 0.25) is 13.3 Å². The van der Waals surface area contributed by atoms with Gasteiger partial charge in [-0.2, -0.15) is 0 Å². The van der Waals surface area contributed by atoms with Gasteiger partial charge in [-0.3, -0.25) is 0 Å². The zero-order chi connectivity index (χ0) is 21.8. The van der Waals surface area contributed by atoms with Crippen LogP contribution in [0.15, 0.2) is 27.2 Å². The van der Waals surface area contributed by atoms with Gasteiger partial charge in [0.05, 0.1) is 0 Å². The number of aromatic nitrogens is 2. The average molecular weight is 612 g/mol. The maximum absolute atomic E-state index is 4.83. The van der Waals surface area contributed by atoms with E-state index in [0.717, 1.165) is 17.1 Å². The predicted octanol–water partition coefficient (Wildman–Crippen LogP) is 8.15. The van der Waals surface area contributed by atoms with Crippen LogP contribution in [0.4, 0.5) is 0 Å². The van der Waals surface area contributed by atoms with Gasteiger partial charge in [0.15, 0.2) is 3.92 Å². The summed E-state index contributed by atoms with van der Waals surface area (Å²) in [7, 11) is 0. The van der Waals surface area contributed by atoms with Gasteiger partial charge in [-0.15, -0.1) is 11.3 Å². The van der Waals surface area contributed by atoms with Crippen molar-refractivity contribution in [3.8, 4) is 0 Å². The smallest absolute Gasteiger partial charge is 0.0437 e. The Labute approximate surface area is 200 Å². The first-order valence-corrected chi connectivity index (χ1v) is 21.1. The molecule has 2 aromatic heterocycles. The van der Waals surface area contributed by atoms with Gasteiger partial charge in [0.25, 0.3) is 0 Å². The fourth-order valence-electron chi connectivity index (χ4n) is 3.18. The number of hydrogen-bond donors (Lipinski definition) is 0. The van der Waals surface area contributed by atoms with E-state index in [1.807, 2.05) is 30.6 Å². The topological polar surface area (TPSA) is 35.0 Å². The van der Waals surface area contributed by atoms with Crippen molar-refractivity contribution in [2.24, 2.45) is 0 Å². The molecule has 7 heteroatoms. The first-order valence-electron chi connectivity index (χ1n) is 11.1. The van der Waals surface area contributed by atoms with Gasteiger partial charge in [0.2, 0.25) is 0 Å². The number of ether oxygens (including phenoxy) is 1. The van der Waals surface area contributed by atoms with Crippen LogP contribution < -0.4 is 2.89 Å². The first kappa shape index (κ1) is 29.5. The minimum absolute atomic E-state index is 0.844. The fourth-order valence-corrected chi connectivity index (χ4v) is 23.3. The molecular formula is C22H41BrN2OS2Sn. The summed E-state index contributed by atoms with van der Waals surface area (Å²) in [5, 5.41) is 1.92. The fraction of sp³-hybridized carbons (Fsp3) is 0.727. The number of thiazole rings is 2. The van der Waals surface area contributed by atoms with E-state index in [0.29, 0.717) is 0 Å². The Morgan fingerprint density at radius 1 is 0.897 bits per heavy atom. The molecule has 0 saturated carbocycles. The zero-order valence-corrected chi connectivity index (χ0v) is 25.2. The van der Waals surface area contributed by atoms with Gasteiger partial charge >= 0.3 is 122 Å². The molecule has 29 heavy (non-hydrogen) atoms. The Bertz CT molecular complexity index is 529. The molecule has 0 aliphatic rings. The van der Waals surface area contributed by atoms with Crippen molar-refractivity contribution in [3.63, 3.8) is 0 Å². The number of unbranched alkanes of at least 4 members (excludes halogenated alkanes) is 3. The third-order valence-corrected chi connectivity index (χ3v) is 25.2. The van der Waals surface area contributed by atoms with Crippen molar-refractivity contribution in [1.29, 1.82) is 0 Å². The van der Waals surface area contributed by atoms with E-state index in [4.69, 9.17) is 4.74 Å². The van der Waals surface area contributed by atoms with Crippen LogP contribution in [0.25, 0.3) is 0 Å². The first-order chi connectivity index (χ1) is 14.1. The van der Waals surface area contributed by atoms with Crippen molar-refractivity contribution < 1.29 is 4.74 Å². The molecule has 2 heterocycles. The SMILES string of the molecule is Brc1nccs1.CCC[CH2][Sn]([CH2]CCC)([CH2]CCC)[c]1cncs1.CCOCC. The maximum atomic E-state index is 4.83. The van der Waals surface area contributed by atoms with Crippen molar-refractivity contribution in [2.45, 2.75) is 86.5 Å². The second-order valence-corrected chi connectivity index (χ2v) is 24.2. The third-order valence-electron chi connectivity index (χ3n) is 4.79. The van der Waals surface area contributed by atoms with Gasteiger partial charge in [0.1, 0.15) is 0 Å². The minimum Gasteiger partial charge on any atom is -0.382 e. The molecule has 2 aromatic rings. The molecule has 0 saturated heterocycles. The van der Waals surface area contributed by atoms with E-state index in [-0.39, 0.29) is 0 Å². The summed E-state index contributed by atoms with van der Waals surface area (Å²) in [6.45, 7) is 12.7. The van der Waals surface area contributed by atoms with Gasteiger partial charge in [-0.25, -0.2) is 4.98 Å². The summed E-state index contributed by atoms with van der Waals surface area (Å²) >= 11 is 4.66. The summed E-state index contributed by atoms with van der Waals surface area (Å²) < 4.78 is 12.2. The van der Waals surface area contributed by atoms with Crippen molar-refractivity contribution in [2.75, 3.05) is 13.2 Å². The van der Waals surface area contributed by atoms with E-state index in [1.54, 1.807) is 33.7 Å². The molecule has 0 spiro atoms. The molecule has 3 nitrogen and oxygen atoms in total. The van der Waals surface area contributed by atoms with Crippen molar-refractivity contribution >= 4 is 59.9 Å². The summed E-state index contributed by atoms with van der Waals surface area (Å²) in [6.07, 6.45) is 12.4. The standard InChI is InChI=1S/C4H10O.3C4H9.C3H2BrNS.C3H2NS.Sn/c1-3-5-4-2;3*1-3-4-2;4-3-5-1-2-6-3;1-2-5-3-4-1;/h3-4H2,1-2H3;3*1,3-4H2,2H3;1-2H;1,3H;. The Kier molecular flexibility index (Phi) is 20.8. The molecular weight excluding hydrogens is 571 g/mol. The number of hydrogen-bond acceptors (Lipinski definition) is 5. The summed E-state index contributed by atoms with van der Waals surface area (Å²) in [5.74, 6) is 0. The summed E-state index contributed by atoms with van der Waals surface area (Å²) in [6, 6.07) is 0. The largest absolute Gasteiger partial charge is 0.382 e. The Hall–Kier alpha value is 0.499. The number of nitrogens with zero attached hydrogens (tertiary/aromatic N) is 2. The van der Waals surface area contributed by atoms with Crippen LogP contribution in [0.3, 0.4) is 0 Å². The van der Waals surface area contributed by atoms with Crippen LogP contribution in [-0.2, 0) is 4.74 Å². The summed E-state index contributed by atoms with van der Waals surface area (Å²) in [5.41, 5.74) is 2.06. The molecule has 0 N–H and O–H groups in total. The van der Waals surface area contributed by atoms with Crippen LogP contribution in [-0.4, -0.2) is 41.6 Å². The van der Waals surface area contributed by atoms with Crippen molar-refractivity contribution in [3.05, 3.63) is 27.2 Å². The van der Waals surface area contributed by atoms with E-state index < -0.39 is 18.4 Å². The monoisotopic (exact) mass is 612 g/mol. The molecule has 0 aliphatic heterocycles. The maximum Gasteiger partial charge on any atom is 0.0437 e. The predicted molar refractivity (Wildman–Crippen MR) is 139 cm³/mol. The van der Waals surface area contributed by atoms with Gasteiger partial charge in [-0.05, 0) is 29.8 Å². The van der Waals surface area contributed by atoms with E-state index in [9.17, 15) is 0 Å². The second kappa shape index (κ2) is 20.4. The molecule has 2 rings (SSSR count). The average Bonchev–Trinajstić information content (AvgIpc) is 3.44. The minimum atomic E-state index is -2.08. The van der Waals surface area contributed by atoms with Crippen LogP contribution in [0, 0.1) is 0 Å². The summed E-state index contributed by atoms with van der Waals surface area (Å²) in [4.78, 5) is 8.24. The second-order valence-electron chi connectivity index (χ2n) is 7.02. The van der Waals surface area contributed by atoms with Crippen molar-refractivity contribution in [1.82, 2.24) is 9.97 Å². The quantitative estimate of drug-likeness (QED) is 0.227. The van der Waals surface area contributed by atoms with Gasteiger partial charge in [-0.1, -0.05) is 0 Å². The van der Waals surface area contributed by atoms with Gasteiger partial charge < -0.3 is 4.74 Å². The molecule has 0 atom stereocenters. The zero-order valence-electron chi connectivity index (χ0n) is 19.1. The van der Waals surface area contributed by atoms with Crippen LogP contribution >= 0.6 is 38.6 Å². The molecule has 0 aliphatic carbocycles. The third kappa shape index (κ3) is 14.2. The Morgan fingerprint density at radius 2 is 1.45 bits per heavy atom. The normalized spacial score (nSPS) is 10.7. The van der Waals surface area contributed by atoms with Gasteiger partial charge in [0, 0.05) is 24.8 Å². The number of halogens is 1. The van der Waals surface area contributed by atoms with E-state index in [1.165, 1.54) is 38.5 Å². The molecule has 0 amide bonds. The molecule has 168 valence electrons.